The second-order valence-electron chi connectivity index (χ2n) is 4.19. The zero-order chi connectivity index (χ0) is 12.3. The molecule has 2 rings (SSSR count). The fourth-order valence-corrected chi connectivity index (χ4v) is 2.52. The van der Waals surface area contributed by atoms with Gasteiger partial charge in [-0.05, 0) is 12.1 Å². The van der Waals surface area contributed by atoms with Crippen LogP contribution in [0.25, 0.3) is 0 Å². The number of nitrogens with two attached hydrogens (primary N) is 1. The molecule has 94 valence electrons. The van der Waals surface area contributed by atoms with Gasteiger partial charge in [-0.25, -0.2) is 0 Å². The molecule has 1 aromatic rings. The van der Waals surface area contributed by atoms with Gasteiger partial charge in [-0.1, -0.05) is 22.0 Å². The first-order chi connectivity index (χ1) is 8.22. The molecule has 1 saturated heterocycles. The van der Waals surface area contributed by atoms with Crippen LogP contribution in [0, 0.1) is 0 Å². The Hall–Kier alpha value is -0.620. The predicted molar refractivity (Wildman–Crippen MR) is 70.7 cm³/mol. The molecule has 1 aromatic carbocycles. The second-order valence-corrected chi connectivity index (χ2v) is 5.04. The van der Waals surface area contributed by atoms with E-state index in [4.69, 9.17) is 10.5 Å². The standard InChI is InChI=1S/C12H17BrN2O2/c13-11-2-1-3-12(14)10(11)6-15-4-5-17-8-9(15)7-16/h1-3,9,16H,4-8,14H2. The number of nitrogens with zero attached hydrogens (tertiary/aromatic N) is 1. The molecule has 4 nitrogen and oxygen atoms in total. The van der Waals surface area contributed by atoms with Crippen molar-refractivity contribution in [3.63, 3.8) is 0 Å². The van der Waals surface area contributed by atoms with Crippen molar-refractivity contribution in [2.75, 3.05) is 32.1 Å². The fraction of sp³-hybridized carbons (Fsp3) is 0.500. The minimum absolute atomic E-state index is 0.0651. The first kappa shape index (κ1) is 12.8. The van der Waals surface area contributed by atoms with E-state index in [0.29, 0.717) is 13.2 Å². The smallest absolute Gasteiger partial charge is 0.0644 e. The molecule has 1 fully saturated rings. The van der Waals surface area contributed by atoms with E-state index >= 15 is 0 Å². The Kier molecular flexibility index (Phi) is 4.39. The molecule has 0 radical (unpaired) electrons. The van der Waals surface area contributed by atoms with E-state index in [1.54, 1.807) is 0 Å². The number of nitrogen functional groups attached to an aromatic ring is 1. The maximum atomic E-state index is 9.31. The van der Waals surface area contributed by atoms with E-state index in [2.05, 4.69) is 20.8 Å². The number of benzene rings is 1. The number of halogens is 1. The first-order valence-corrected chi connectivity index (χ1v) is 6.47. The lowest BCUT2D eigenvalue weighted by atomic mass is 10.1. The highest BCUT2D eigenvalue weighted by molar-refractivity contribution is 9.10. The third-order valence-corrected chi connectivity index (χ3v) is 3.82. The Labute approximate surface area is 109 Å². The van der Waals surface area contributed by atoms with Crippen molar-refractivity contribution in [2.24, 2.45) is 0 Å². The highest BCUT2D eigenvalue weighted by atomic mass is 79.9. The maximum absolute atomic E-state index is 9.31. The van der Waals surface area contributed by atoms with Gasteiger partial charge in [-0.3, -0.25) is 4.90 Å². The van der Waals surface area contributed by atoms with Crippen molar-refractivity contribution in [3.05, 3.63) is 28.2 Å². The van der Waals surface area contributed by atoms with E-state index in [1.165, 1.54) is 0 Å². The molecule has 1 aliphatic rings. The Morgan fingerprint density at radius 2 is 2.35 bits per heavy atom. The summed E-state index contributed by atoms with van der Waals surface area (Å²) in [7, 11) is 0. The van der Waals surface area contributed by atoms with Gasteiger partial charge in [0.15, 0.2) is 0 Å². The molecular formula is C12H17BrN2O2. The highest BCUT2D eigenvalue weighted by Crippen LogP contribution is 2.25. The van der Waals surface area contributed by atoms with E-state index in [0.717, 1.165) is 28.8 Å². The van der Waals surface area contributed by atoms with Crippen molar-refractivity contribution in [1.29, 1.82) is 0 Å². The average Bonchev–Trinajstić information content (AvgIpc) is 2.34. The average molecular weight is 301 g/mol. The van der Waals surface area contributed by atoms with Crippen molar-refractivity contribution >= 4 is 21.6 Å². The lowest BCUT2D eigenvalue weighted by Gasteiger charge is -2.34. The lowest BCUT2D eigenvalue weighted by molar-refractivity contribution is -0.0312. The fourth-order valence-electron chi connectivity index (χ4n) is 2.01. The molecule has 1 aliphatic heterocycles. The quantitative estimate of drug-likeness (QED) is 0.824. The van der Waals surface area contributed by atoms with Crippen LogP contribution < -0.4 is 5.73 Å². The molecule has 0 bridgehead atoms. The molecule has 0 aliphatic carbocycles. The van der Waals surface area contributed by atoms with Gasteiger partial charge in [0.2, 0.25) is 0 Å². The molecule has 0 saturated carbocycles. The van der Waals surface area contributed by atoms with Crippen LogP contribution in [0.5, 0.6) is 0 Å². The molecular weight excluding hydrogens is 284 g/mol. The van der Waals surface area contributed by atoms with Gasteiger partial charge in [-0.2, -0.15) is 0 Å². The van der Waals surface area contributed by atoms with Crippen molar-refractivity contribution < 1.29 is 9.84 Å². The SMILES string of the molecule is Nc1cccc(Br)c1CN1CCOCC1CO. The van der Waals surface area contributed by atoms with Crippen LogP contribution >= 0.6 is 15.9 Å². The van der Waals surface area contributed by atoms with Gasteiger partial charge in [0.1, 0.15) is 0 Å². The number of aliphatic hydroxyl groups is 1. The van der Waals surface area contributed by atoms with Crippen LogP contribution in [0.1, 0.15) is 5.56 Å². The minimum Gasteiger partial charge on any atom is -0.398 e. The second kappa shape index (κ2) is 5.82. The molecule has 1 unspecified atom stereocenters. The van der Waals surface area contributed by atoms with E-state index in [1.807, 2.05) is 18.2 Å². The van der Waals surface area contributed by atoms with Crippen molar-refractivity contribution in [1.82, 2.24) is 4.90 Å². The predicted octanol–water partition coefficient (Wildman–Crippen LogP) is 1.22. The minimum atomic E-state index is 0.0651. The van der Waals surface area contributed by atoms with E-state index in [-0.39, 0.29) is 12.6 Å². The zero-order valence-electron chi connectivity index (χ0n) is 9.60. The van der Waals surface area contributed by atoms with E-state index < -0.39 is 0 Å². The van der Waals surface area contributed by atoms with Gasteiger partial charge in [0, 0.05) is 28.8 Å². The Morgan fingerprint density at radius 1 is 1.53 bits per heavy atom. The number of hydrogen-bond acceptors (Lipinski definition) is 4. The van der Waals surface area contributed by atoms with Gasteiger partial charge in [-0.15, -0.1) is 0 Å². The third kappa shape index (κ3) is 2.98. The molecule has 1 atom stereocenters. The van der Waals surface area contributed by atoms with Crippen LogP contribution in [0.3, 0.4) is 0 Å². The van der Waals surface area contributed by atoms with Crippen LogP contribution in [-0.4, -0.2) is 42.4 Å². The normalized spacial score (nSPS) is 21.6. The van der Waals surface area contributed by atoms with Gasteiger partial charge >= 0.3 is 0 Å². The first-order valence-electron chi connectivity index (χ1n) is 5.68. The van der Waals surface area contributed by atoms with Crippen LogP contribution in [0.2, 0.25) is 0 Å². The number of rotatable bonds is 3. The van der Waals surface area contributed by atoms with E-state index in [9.17, 15) is 5.11 Å². The summed E-state index contributed by atoms with van der Waals surface area (Å²) in [6.45, 7) is 2.97. The third-order valence-electron chi connectivity index (χ3n) is 3.08. The van der Waals surface area contributed by atoms with Gasteiger partial charge in [0.05, 0.1) is 25.9 Å². The summed E-state index contributed by atoms with van der Waals surface area (Å²) in [6.07, 6.45) is 0. The molecule has 3 N–H and O–H groups in total. The molecule has 0 spiro atoms. The summed E-state index contributed by atoms with van der Waals surface area (Å²) >= 11 is 3.52. The Balaban J connectivity index is 2.13. The topological polar surface area (TPSA) is 58.7 Å². The van der Waals surface area contributed by atoms with Crippen LogP contribution in [-0.2, 0) is 11.3 Å². The largest absolute Gasteiger partial charge is 0.398 e. The number of ether oxygens (including phenoxy) is 1. The summed E-state index contributed by atoms with van der Waals surface area (Å²) in [5, 5.41) is 9.31. The Bertz CT molecular complexity index is 367. The maximum Gasteiger partial charge on any atom is 0.0644 e. The summed E-state index contributed by atoms with van der Waals surface area (Å²) in [5.74, 6) is 0. The van der Waals surface area contributed by atoms with Crippen LogP contribution in [0.15, 0.2) is 22.7 Å². The highest BCUT2D eigenvalue weighted by Gasteiger charge is 2.23. The molecule has 1 heterocycles. The summed E-state index contributed by atoms with van der Waals surface area (Å²) in [5.41, 5.74) is 7.83. The summed E-state index contributed by atoms with van der Waals surface area (Å²) < 4.78 is 6.37. The van der Waals surface area contributed by atoms with Gasteiger partial charge < -0.3 is 15.6 Å². The molecule has 0 aromatic heterocycles. The number of morpholine rings is 1. The summed E-state index contributed by atoms with van der Waals surface area (Å²) in [6, 6.07) is 5.87. The van der Waals surface area contributed by atoms with Crippen LogP contribution in [0.4, 0.5) is 5.69 Å². The number of aliphatic hydroxyl groups excluding tert-OH is 1. The molecule has 17 heavy (non-hydrogen) atoms. The number of anilines is 1. The Morgan fingerprint density at radius 3 is 3.06 bits per heavy atom. The lowest BCUT2D eigenvalue weighted by Crippen LogP contribution is -2.46. The monoisotopic (exact) mass is 300 g/mol. The van der Waals surface area contributed by atoms with Crippen molar-refractivity contribution in [3.8, 4) is 0 Å². The molecule has 0 amide bonds. The molecule has 5 heteroatoms. The number of hydrogen-bond donors (Lipinski definition) is 2. The summed E-state index contributed by atoms with van der Waals surface area (Å²) in [4.78, 5) is 2.21. The zero-order valence-corrected chi connectivity index (χ0v) is 11.2. The van der Waals surface area contributed by atoms with Gasteiger partial charge in [0.25, 0.3) is 0 Å². The van der Waals surface area contributed by atoms with Crippen molar-refractivity contribution in [2.45, 2.75) is 12.6 Å².